The highest BCUT2D eigenvalue weighted by atomic mass is 16.2. The van der Waals surface area contributed by atoms with Crippen LogP contribution >= 0.6 is 0 Å². The second-order valence-electron chi connectivity index (χ2n) is 6.78. The number of nitrogens with zero attached hydrogens (tertiary/aromatic N) is 3. The van der Waals surface area contributed by atoms with Crippen LogP contribution < -0.4 is 16.4 Å². The lowest BCUT2D eigenvalue weighted by Crippen LogP contribution is -2.35. The van der Waals surface area contributed by atoms with E-state index in [1.165, 1.54) is 57.0 Å². The Kier molecular flexibility index (Phi) is 22.5. The molecule has 0 aromatic rings. The Balaban J connectivity index is 0. The summed E-state index contributed by atoms with van der Waals surface area (Å²) in [5.74, 6) is 0. The Morgan fingerprint density at radius 1 is 0.778 bits per heavy atom. The van der Waals surface area contributed by atoms with Crippen molar-refractivity contribution in [3.05, 3.63) is 0 Å². The summed E-state index contributed by atoms with van der Waals surface area (Å²) >= 11 is 0. The predicted octanol–water partition coefficient (Wildman–Crippen LogP) is 1.65. The molecule has 7 nitrogen and oxygen atoms in total. The third-order valence-corrected chi connectivity index (χ3v) is 4.51. The van der Waals surface area contributed by atoms with Crippen molar-refractivity contribution in [1.29, 1.82) is 0 Å². The van der Waals surface area contributed by atoms with Crippen molar-refractivity contribution < 1.29 is 4.79 Å². The fourth-order valence-electron chi connectivity index (χ4n) is 2.52. The minimum Gasteiger partial charge on any atom is -0.338 e. The minimum absolute atomic E-state index is 0.0616. The summed E-state index contributed by atoms with van der Waals surface area (Å²) in [6, 6.07) is -0.0616. The van der Waals surface area contributed by atoms with Crippen molar-refractivity contribution in [1.82, 2.24) is 25.3 Å². The fourth-order valence-corrected chi connectivity index (χ4v) is 2.52. The summed E-state index contributed by atoms with van der Waals surface area (Å²) in [6.45, 7) is 19.7. The second kappa shape index (κ2) is 21.4. The number of carbonyl (C=O) groups excluding carboxylic acids is 1. The highest BCUT2D eigenvalue weighted by Crippen LogP contribution is 1.91. The Bertz CT molecular complexity index is 291. The molecule has 0 atom stereocenters. The van der Waals surface area contributed by atoms with Gasteiger partial charge in [-0.25, -0.2) is 4.79 Å². The lowest BCUT2D eigenvalue weighted by molar-refractivity contribution is 0.217. The second-order valence-corrected chi connectivity index (χ2v) is 6.78. The van der Waals surface area contributed by atoms with Crippen molar-refractivity contribution in [3.8, 4) is 0 Å². The molecule has 0 bridgehead atoms. The zero-order chi connectivity index (χ0) is 20.9. The molecule has 0 aromatic carbocycles. The van der Waals surface area contributed by atoms with Gasteiger partial charge >= 0.3 is 6.03 Å². The smallest absolute Gasteiger partial charge is 0.316 e. The van der Waals surface area contributed by atoms with Crippen LogP contribution in [-0.2, 0) is 0 Å². The first kappa shape index (κ1) is 28.3. The van der Waals surface area contributed by atoms with Crippen molar-refractivity contribution in [2.45, 2.75) is 47.0 Å². The predicted molar refractivity (Wildman–Crippen MR) is 118 cm³/mol. The maximum atomic E-state index is 10.8. The van der Waals surface area contributed by atoms with E-state index in [1.807, 2.05) is 0 Å². The molecule has 0 spiro atoms. The molecule has 4 N–H and O–H groups in total. The van der Waals surface area contributed by atoms with E-state index < -0.39 is 0 Å². The van der Waals surface area contributed by atoms with E-state index in [0.717, 1.165) is 19.5 Å². The van der Waals surface area contributed by atoms with Crippen LogP contribution in [0.15, 0.2) is 0 Å². The number of amides is 2. The molecule has 0 aliphatic heterocycles. The van der Waals surface area contributed by atoms with Crippen LogP contribution in [0.4, 0.5) is 4.79 Å². The molecule has 0 rings (SSSR count). The van der Waals surface area contributed by atoms with Gasteiger partial charge in [0.1, 0.15) is 0 Å². The van der Waals surface area contributed by atoms with Gasteiger partial charge in [-0.1, -0.05) is 27.7 Å². The van der Waals surface area contributed by atoms with Crippen molar-refractivity contribution in [3.63, 3.8) is 0 Å². The van der Waals surface area contributed by atoms with Gasteiger partial charge in [0.05, 0.1) is 0 Å². The topological polar surface area (TPSA) is 76.9 Å². The summed E-state index contributed by atoms with van der Waals surface area (Å²) in [6.07, 6.45) is 3.37. The molecule has 0 heterocycles. The van der Waals surface area contributed by atoms with E-state index in [-0.39, 0.29) is 6.03 Å². The van der Waals surface area contributed by atoms with Crippen LogP contribution in [0.5, 0.6) is 0 Å². The molecular formula is C20H48N6O. The molecule has 164 valence electrons. The fraction of sp³-hybridized carbons (Fsp3) is 0.950. The molecule has 0 saturated heterocycles. The average molecular weight is 389 g/mol. The van der Waals surface area contributed by atoms with Gasteiger partial charge < -0.3 is 31.1 Å². The van der Waals surface area contributed by atoms with Gasteiger partial charge in [0.2, 0.25) is 0 Å². The quantitative estimate of drug-likeness (QED) is 0.372. The molecular weight excluding hydrogens is 340 g/mol. The van der Waals surface area contributed by atoms with E-state index >= 15 is 0 Å². The summed E-state index contributed by atoms with van der Waals surface area (Å²) in [4.78, 5) is 17.3. The summed E-state index contributed by atoms with van der Waals surface area (Å²) in [5, 5.41) is 6.23. The first-order valence-corrected chi connectivity index (χ1v) is 10.8. The van der Waals surface area contributed by atoms with Crippen LogP contribution in [0.3, 0.4) is 0 Å². The van der Waals surface area contributed by atoms with E-state index in [1.54, 1.807) is 14.1 Å². The average Bonchev–Trinajstić information content (AvgIpc) is 2.67. The van der Waals surface area contributed by atoms with Gasteiger partial charge in [0, 0.05) is 20.6 Å². The Labute approximate surface area is 169 Å². The first-order chi connectivity index (χ1) is 13.0. The molecule has 0 radical (unpaired) electrons. The third-order valence-electron chi connectivity index (χ3n) is 4.51. The lowest BCUT2D eigenvalue weighted by Gasteiger charge is -2.19. The van der Waals surface area contributed by atoms with Crippen LogP contribution in [0.2, 0.25) is 0 Å². The number of rotatable bonds is 15. The molecule has 0 saturated carbocycles. The normalized spacial score (nSPS) is 10.7. The lowest BCUT2D eigenvalue weighted by atomic mass is 10.3. The number of nitrogens with one attached hydrogen (secondary N) is 2. The summed E-state index contributed by atoms with van der Waals surface area (Å²) in [7, 11) is 3.41. The van der Waals surface area contributed by atoms with Gasteiger partial charge in [-0.15, -0.1) is 0 Å². The molecule has 0 unspecified atom stereocenters. The molecule has 0 fully saturated rings. The maximum absolute atomic E-state index is 10.8. The van der Waals surface area contributed by atoms with Gasteiger partial charge in [-0.2, -0.15) is 0 Å². The van der Waals surface area contributed by atoms with Gasteiger partial charge in [0.25, 0.3) is 0 Å². The minimum atomic E-state index is -0.0616. The Morgan fingerprint density at radius 3 is 1.56 bits per heavy atom. The van der Waals surface area contributed by atoms with Crippen LogP contribution in [0.1, 0.15) is 47.0 Å². The number of hydrogen-bond donors (Lipinski definition) is 3. The van der Waals surface area contributed by atoms with Crippen molar-refractivity contribution in [2.75, 3.05) is 79.5 Å². The summed E-state index contributed by atoms with van der Waals surface area (Å²) < 4.78 is 0. The Hall–Kier alpha value is -0.890. The van der Waals surface area contributed by atoms with Gasteiger partial charge in [0.15, 0.2) is 0 Å². The number of nitrogens with two attached hydrogens (primary N) is 1. The van der Waals surface area contributed by atoms with Crippen LogP contribution in [-0.4, -0.2) is 100 Å². The Morgan fingerprint density at radius 2 is 1.22 bits per heavy atom. The zero-order valence-electron chi connectivity index (χ0n) is 19.0. The molecule has 0 aromatic heterocycles. The molecule has 2 amide bonds. The number of urea groups is 1. The highest BCUT2D eigenvalue weighted by Gasteiger charge is 2.00. The largest absolute Gasteiger partial charge is 0.338 e. The first-order valence-electron chi connectivity index (χ1n) is 10.8. The van der Waals surface area contributed by atoms with E-state index in [4.69, 9.17) is 5.73 Å². The van der Waals surface area contributed by atoms with Gasteiger partial charge in [-0.3, -0.25) is 0 Å². The molecule has 0 aliphatic carbocycles. The van der Waals surface area contributed by atoms with Crippen LogP contribution in [0.25, 0.3) is 0 Å². The van der Waals surface area contributed by atoms with Crippen molar-refractivity contribution in [2.24, 2.45) is 5.73 Å². The van der Waals surface area contributed by atoms with Gasteiger partial charge in [-0.05, 0) is 78.2 Å². The molecule has 27 heavy (non-hydrogen) atoms. The van der Waals surface area contributed by atoms with Crippen LogP contribution in [0, 0.1) is 0 Å². The van der Waals surface area contributed by atoms with E-state index in [2.05, 4.69) is 48.1 Å². The third kappa shape index (κ3) is 19.7. The van der Waals surface area contributed by atoms with Crippen molar-refractivity contribution >= 4 is 6.03 Å². The van der Waals surface area contributed by atoms with E-state index in [0.29, 0.717) is 13.1 Å². The standard InChI is InChI=1S/C14H33N3.C6H15N3O/c1-5-16(6-2)13-9-11-15-12-10-14-17(7-3)8-4;1-9(2)6(10)8-5-3-4-7/h15H,5-14H2,1-4H3;3-5,7H2,1-2H3,(H,8,10). The monoisotopic (exact) mass is 388 g/mol. The number of hydrogen-bond acceptors (Lipinski definition) is 5. The molecule has 7 heteroatoms. The maximum Gasteiger partial charge on any atom is 0.316 e. The zero-order valence-corrected chi connectivity index (χ0v) is 19.0. The number of carbonyl (C=O) groups is 1. The van der Waals surface area contributed by atoms with E-state index in [9.17, 15) is 4.79 Å². The highest BCUT2D eigenvalue weighted by molar-refractivity contribution is 5.73. The molecule has 0 aliphatic rings. The summed E-state index contributed by atoms with van der Waals surface area (Å²) in [5.41, 5.74) is 5.23. The SMILES string of the molecule is CCN(CC)CCCNCCCN(CC)CC.CN(C)C(=O)NCCCN.